The Morgan fingerprint density at radius 2 is 2.17 bits per heavy atom. The summed E-state index contributed by atoms with van der Waals surface area (Å²) >= 11 is 0. The van der Waals surface area contributed by atoms with Crippen molar-refractivity contribution in [3.63, 3.8) is 0 Å². The normalized spacial score (nSPS) is 11.0. The molecule has 3 aromatic rings. The molecule has 0 fully saturated rings. The molecule has 0 unspecified atom stereocenters. The molecular formula is C18H20N4O2. The lowest BCUT2D eigenvalue weighted by Gasteiger charge is -2.19. The maximum Gasteiger partial charge on any atom is 0.263 e. The van der Waals surface area contributed by atoms with Crippen molar-refractivity contribution < 1.29 is 9.21 Å². The molecule has 3 rings (SSSR count). The predicted octanol–water partition coefficient (Wildman–Crippen LogP) is 3.37. The van der Waals surface area contributed by atoms with Crippen LogP contribution in [0.25, 0.3) is 0 Å². The average molecular weight is 324 g/mol. The maximum absolute atomic E-state index is 13.0. The van der Waals surface area contributed by atoms with Crippen LogP contribution in [0.5, 0.6) is 0 Å². The summed E-state index contributed by atoms with van der Waals surface area (Å²) in [7, 11) is 0. The van der Waals surface area contributed by atoms with Crippen molar-refractivity contribution in [3.8, 4) is 0 Å². The zero-order valence-electron chi connectivity index (χ0n) is 13.8. The molecule has 6 nitrogen and oxygen atoms in total. The van der Waals surface area contributed by atoms with Gasteiger partial charge in [0.2, 0.25) is 0 Å². The Morgan fingerprint density at radius 3 is 2.83 bits per heavy atom. The van der Waals surface area contributed by atoms with Crippen LogP contribution in [0.3, 0.4) is 0 Å². The number of hydrogen-bond acceptors (Lipinski definition) is 4. The lowest BCUT2D eigenvalue weighted by Crippen LogP contribution is -2.30. The van der Waals surface area contributed by atoms with Crippen molar-refractivity contribution in [3.05, 3.63) is 66.5 Å². The second-order valence-corrected chi connectivity index (χ2v) is 6.00. The third kappa shape index (κ3) is 3.71. The minimum Gasteiger partial charge on any atom is -0.467 e. The molecule has 6 heteroatoms. The van der Waals surface area contributed by atoms with Gasteiger partial charge >= 0.3 is 0 Å². The van der Waals surface area contributed by atoms with E-state index in [4.69, 9.17) is 4.42 Å². The molecule has 24 heavy (non-hydrogen) atoms. The molecule has 0 aromatic carbocycles. The van der Waals surface area contributed by atoms with E-state index in [9.17, 15) is 4.79 Å². The SMILES string of the molecule is CC(C)Cn1cc(C(=O)N(Cc2ccco2)c2ccccn2)cn1. The van der Waals surface area contributed by atoms with Crippen LogP contribution >= 0.6 is 0 Å². The Balaban J connectivity index is 1.87. The van der Waals surface area contributed by atoms with Gasteiger partial charge < -0.3 is 4.42 Å². The molecule has 0 spiro atoms. The highest BCUT2D eigenvalue weighted by Crippen LogP contribution is 2.18. The van der Waals surface area contributed by atoms with Crippen LogP contribution in [0, 0.1) is 5.92 Å². The topological polar surface area (TPSA) is 64.2 Å². The summed E-state index contributed by atoms with van der Waals surface area (Å²) in [5.74, 6) is 1.59. The van der Waals surface area contributed by atoms with Crippen molar-refractivity contribution in [2.75, 3.05) is 4.90 Å². The summed E-state index contributed by atoms with van der Waals surface area (Å²) in [6.45, 7) is 5.31. The highest BCUT2D eigenvalue weighted by molar-refractivity contribution is 6.05. The zero-order chi connectivity index (χ0) is 16.9. The monoisotopic (exact) mass is 324 g/mol. The Labute approximate surface area is 140 Å². The van der Waals surface area contributed by atoms with Crippen LogP contribution in [0.2, 0.25) is 0 Å². The number of carbonyl (C=O) groups excluding carboxylic acids is 1. The number of furan rings is 1. The summed E-state index contributed by atoms with van der Waals surface area (Å²) in [6.07, 6.45) is 6.64. The molecule has 0 bridgehead atoms. The van der Waals surface area contributed by atoms with Gasteiger partial charge in [0.1, 0.15) is 11.6 Å². The van der Waals surface area contributed by atoms with Gasteiger partial charge in [0.25, 0.3) is 5.91 Å². The lowest BCUT2D eigenvalue weighted by atomic mass is 10.2. The van der Waals surface area contributed by atoms with Gasteiger partial charge in [-0.15, -0.1) is 0 Å². The van der Waals surface area contributed by atoms with Gasteiger partial charge in [0.05, 0.1) is 24.6 Å². The second-order valence-electron chi connectivity index (χ2n) is 6.00. The Hall–Kier alpha value is -2.89. The number of rotatable bonds is 6. The predicted molar refractivity (Wildman–Crippen MR) is 90.5 cm³/mol. The Bertz CT molecular complexity index is 778. The van der Waals surface area contributed by atoms with Crippen LogP contribution in [0.15, 0.2) is 59.6 Å². The van der Waals surface area contributed by atoms with Crippen LogP contribution in [-0.2, 0) is 13.1 Å². The number of nitrogens with zero attached hydrogens (tertiary/aromatic N) is 4. The summed E-state index contributed by atoms with van der Waals surface area (Å²) < 4.78 is 7.18. The van der Waals surface area contributed by atoms with Gasteiger partial charge in [0, 0.05) is 18.9 Å². The van der Waals surface area contributed by atoms with Crippen LogP contribution in [0.1, 0.15) is 30.0 Å². The molecule has 0 N–H and O–H groups in total. The van der Waals surface area contributed by atoms with Gasteiger partial charge in [-0.25, -0.2) is 4.98 Å². The molecule has 3 aromatic heterocycles. The smallest absolute Gasteiger partial charge is 0.263 e. The number of aromatic nitrogens is 3. The molecule has 0 aliphatic rings. The molecule has 0 saturated heterocycles. The van der Waals surface area contributed by atoms with E-state index in [-0.39, 0.29) is 5.91 Å². The van der Waals surface area contributed by atoms with Crippen molar-refractivity contribution >= 4 is 11.7 Å². The first-order valence-electron chi connectivity index (χ1n) is 7.91. The minimum absolute atomic E-state index is 0.153. The fraction of sp³-hybridized carbons (Fsp3) is 0.278. The number of amides is 1. The van der Waals surface area contributed by atoms with E-state index in [0.29, 0.717) is 29.6 Å². The second kappa shape index (κ2) is 7.12. The van der Waals surface area contributed by atoms with E-state index in [1.54, 1.807) is 46.6 Å². The van der Waals surface area contributed by atoms with E-state index in [1.807, 2.05) is 18.2 Å². The lowest BCUT2D eigenvalue weighted by molar-refractivity contribution is 0.0982. The molecule has 0 aliphatic heterocycles. The van der Waals surface area contributed by atoms with Crippen molar-refractivity contribution in [1.29, 1.82) is 0 Å². The quantitative estimate of drug-likeness (QED) is 0.697. The number of anilines is 1. The highest BCUT2D eigenvalue weighted by Gasteiger charge is 2.21. The number of hydrogen-bond donors (Lipinski definition) is 0. The van der Waals surface area contributed by atoms with Crippen LogP contribution in [-0.4, -0.2) is 20.7 Å². The fourth-order valence-corrected chi connectivity index (χ4v) is 2.43. The van der Waals surface area contributed by atoms with Crippen molar-refractivity contribution in [1.82, 2.24) is 14.8 Å². The minimum atomic E-state index is -0.153. The molecule has 0 atom stereocenters. The fourth-order valence-electron chi connectivity index (χ4n) is 2.43. The molecular weight excluding hydrogens is 304 g/mol. The van der Waals surface area contributed by atoms with Crippen molar-refractivity contribution in [2.45, 2.75) is 26.9 Å². The summed E-state index contributed by atoms with van der Waals surface area (Å²) in [6, 6.07) is 9.12. The molecule has 0 radical (unpaired) electrons. The van der Waals surface area contributed by atoms with E-state index in [0.717, 1.165) is 6.54 Å². The maximum atomic E-state index is 13.0. The van der Waals surface area contributed by atoms with E-state index < -0.39 is 0 Å². The Morgan fingerprint density at radius 1 is 1.29 bits per heavy atom. The largest absolute Gasteiger partial charge is 0.467 e. The number of pyridine rings is 1. The van der Waals surface area contributed by atoms with Gasteiger partial charge in [-0.2, -0.15) is 5.10 Å². The average Bonchev–Trinajstić information content (AvgIpc) is 3.24. The van der Waals surface area contributed by atoms with Crippen LogP contribution in [0.4, 0.5) is 5.82 Å². The molecule has 3 heterocycles. The van der Waals surface area contributed by atoms with E-state index in [2.05, 4.69) is 23.9 Å². The van der Waals surface area contributed by atoms with Crippen LogP contribution < -0.4 is 4.90 Å². The van der Waals surface area contributed by atoms with Gasteiger partial charge in [-0.1, -0.05) is 19.9 Å². The Kier molecular flexibility index (Phi) is 4.74. The highest BCUT2D eigenvalue weighted by atomic mass is 16.3. The van der Waals surface area contributed by atoms with Gasteiger partial charge in [-0.3, -0.25) is 14.4 Å². The third-order valence-electron chi connectivity index (χ3n) is 3.50. The summed E-state index contributed by atoms with van der Waals surface area (Å²) in [4.78, 5) is 18.9. The zero-order valence-corrected chi connectivity index (χ0v) is 13.8. The summed E-state index contributed by atoms with van der Waals surface area (Å²) in [5, 5.41) is 4.28. The standard InChI is InChI=1S/C18H20N4O2/c1-14(2)11-21-12-15(10-20-21)18(23)22(13-16-6-5-9-24-16)17-7-3-4-8-19-17/h3-10,12,14H,11,13H2,1-2H3. The first kappa shape index (κ1) is 16.0. The molecule has 0 aliphatic carbocycles. The first-order valence-corrected chi connectivity index (χ1v) is 7.91. The van der Waals surface area contributed by atoms with E-state index in [1.165, 1.54) is 0 Å². The van der Waals surface area contributed by atoms with E-state index >= 15 is 0 Å². The van der Waals surface area contributed by atoms with Crippen molar-refractivity contribution in [2.24, 2.45) is 5.92 Å². The third-order valence-corrected chi connectivity index (χ3v) is 3.50. The molecule has 124 valence electrons. The summed E-state index contributed by atoms with van der Waals surface area (Å²) in [5.41, 5.74) is 0.535. The molecule has 0 saturated carbocycles. The number of carbonyl (C=O) groups is 1. The van der Waals surface area contributed by atoms with Gasteiger partial charge in [-0.05, 0) is 30.2 Å². The first-order chi connectivity index (χ1) is 11.6. The van der Waals surface area contributed by atoms with Gasteiger partial charge in [0.15, 0.2) is 0 Å². The molecule has 1 amide bonds.